The molecule has 3 N–H and O–H groups in total. The number of aliphatic hydroxyl groups excluding tert-OH is 1. The van der Waals surface area contributed by atoms with E-state index in [1.165, 1.54) is 22.7 Å². The van der Waals surface area contributed by atoms with Crippen LogP contribution in [0.1, 0.15) is 36.1 Å². The van der Waals surface area contributed by atoms with Crippen molar-refractivity contribution in [1.82, 2.24) is 29.5 Å². The Morgan fingerprint density at radius 2 is 2.12 bits per heavy atom. The van der Waals surface area contributed by atoms with E-state index in [9.17, 15) is 9.50 Å². The number of aromatic nitrogens is 6. The van der Waals surface area contributed by atoms with E-state index in [0.717, 1.165) is 36.5 Å². The first kappa shape index (κ1) is 20.7. The van der Waals surface area contributed by atoms with Crippen LogP contribution in [-0.2, 0) is 12.8 Å². The fourth-order valence-electron chi connectivity index (χ4n) is 4.77. The van der Waals surface area contributed by atoms with Crippen molar-refractivity contribution in [2.45, 2.75) is 38.1 Å². The summed E-state index contributed by atoms with van der Waals surface area (Å²) in [5, 5.41) is 19.1. The Hall–Kier alpha value is -3.85. The number of nitrogens with zero attached hydrogens (tertiary/aromatic N) is 5. The van der Waals surface area contributed by atoms with E-state index in [2.05, 4.69) is 43.6 Å². The number of halogens is 1. The van der Waals surface area contributed by atoms with Crippen molar-refractivity contribution in [2.75, 3.05) is 11.9 Å². The number of pyridine rings is 1. The predicted octanol–water partition coefficient (Wildman–Crippen LogP) is 3.87. The summed E-state index contributed by atoms with van der Waals surface area (Å²) < 4.78 is 15.6. The highest BCUT2D eigenvalue weighted by atomic mass is 19.1. The second kappa shape index (κ2) is 8.18. The van der Waals surface area contributed by atoms with Crippen LogP contribution >= 0.6 is 0 Å². The molecule has 34 heavy (non-hydrogen) atoms. The molecule has 0 saturated carbocycles. The molecule has 5 aromatic rings. The highest BCUT2D eigenvalue weighted by molar-refractivity contribution is 5.85. The average molecular weight is 458 g/mol. The number of aliphatic hydroxyl groups is 1. The molecule has 1 aliphatic rings. The first-order valence-electron chi connectivity index (χ1n) is 11.4. The number of aromatic amines is 1. The summed E-state index contributed by atoms with van der Waals surface area (Å²) in [4.78, 5) is 16.9. The standard InChI is InChI=1S/C25H24FN7O/c1-14(13-34)20-12-28-33-24(20)31-23(15-8-16(26)11-27-10-15)32-25(33)29-17-6-7-22-19(9-17)18-4-2-3-5-21(18)30-22/h2-5,8,10-12,14,17,30,34H,6-7,9,13H2,1H3,(H,29,31,32)/t14-,17?/m0/s1. The van der Waals surface area contributed by atoms with E-state index >= 15 is 0 Å². The number of rotatable bonds is 5. The first-order valence-corrected chi connectivity index (χ1v) is 11.4. The maximum absolute atomic E-state index is 13.9. The van der Waals surface area contributed by atoms with Gasteiger partial charge in [0.25, 0.3) is 0 Å². The summed E-state index contributed by atoms with van der Waals surface area (Å²) in [6.07, 6.45) is 7.13. The van der Waals surface area contributed by atoms with E-state index in [1.54, 1.807) is 16.9 Å². The van der Waals surface area contributed by atoms with Crippen LogP contribution in [0.25, 0.3) is 27.9 Å². The van der Waals surface area contributed by atoms with E-state index in [-0.39, 0.29) is 18.6 Å². The molecule has 9 heteroatoms. The van der Waals surface area contributed by atoms with E-state index in [4.69, 9.17) is 4.98 Å². The third-order valence-corrected chi connectivity index (χ3v) is 6.59. The number of anilines is 1. The molecule has 0 radical (unpaired) electrons. The van der Waals surface area contributed by atoms with E-state index in [0.29, 0.717) is 23.0 Å². The quantitative estimate of drug-likeness (QED) is 0.370. The van der Waals surface area contributed by atoms with Gasteiger partial charge >= 0.3 is 0 Å². The maximum Gasteiger partial charge on any atom is 0.228 e. The molecule has 0 fully saturated rings. The summed E-state index contributed by atoms with van der Waals surface area (Å²) in [5.41, 5.74) is 5.65. The monoisotopic (exact) mass is 457 g/mol. The van der Waals surface area contributed by atoms with Gasteiger partial charge in [-0.15, -0.1) is 0 Å². The van der Waals surface area contributed by atoms with Gasteiger partial charge in [0, 0.05) is 52.5 Å². The molecule has 2 atom stereocenters. The summed E-state index contributed by atoms with van der Waals surface area (Å²) in [7, 11) is 0. The van der Waals surface area contributed by atoms with Crippen molar-refractivity contribution in [2.24, 2.45) is 0 Å². The minimum atomic E-state index is -0.452. The Morgan fingerprint density at radius 3 is 2.97 bits per heavy atom. The number of para-hydroxylation sites is 1. The molecule has 6 rings (SSSR count). The SMILES string of the molecule is C[C@@H](CO)c1cnn2c(NC3CCc4[nH]c5ccccc5c4C3)nc(-c3cncc(F)c3)nc12. The van der Waals surface area contributed by atoms with Crippen LogP contribution in [-0.4, -0.2) is 47.3 Å². The van der Waals surface area contributed by atoms with Crippen LogP contribution in [0.2, 0.25) is 0 Å². The lowest BCUT2D eigenvalue weighted by Gasteiger charge is -2.24. The van der Waals surface area contributed by atoms with E-state index < -0.39 is 5.82 Å². The zero-order valence-electron chi connectivity index (χ0n) is 18.7. The molecule has 1 aliphatic carbocycles. The lowest BCUT2D eigenvalue weighted by molar-refractivity contribution is 0.273. The van der Waals surface area contributed by atoms with Crippen LogP contribution in [0.3, 0.4) is 0 Å². The van der Waals surface area contributed by atoms with Crippen LogP contribution in [0, 0.1) is 5.82 Å². The zero-order chi connectivity index (χ0) is 23.2. The molecule has 0 bridgehead atoms. The fourth-order valence-corrected chi connectivity index (χ4v) is 4.77. The van der Waals surface area contributed by atoms with E-state index in [1.807, 2.05) is 13.0 Å². The molecule has 8 nitrogen and oxygen atoms in total. The predicted molar refractivity (Wildman–Crippen MR) is 127 cm³/mol. The Balaban J connectivity index is 1.41. The van der Waals surface area contributed by atoms with Crippen LogP contribution in [0.15, 0.2) is 48.9 Å². The van der Waals surface area contributed by atoms with Gasteiger partial charge < -0.3 is 15.4 Å². The number of benzene rings is 1. The molecule has 4 heterocycles. The largest absolute Gasteiger partial charge is 0.396 e. The Kier molecular flexibility index (Phi) is 4.99. The molecule has 172 valence electrons. The lowest BCUT2D eigenvalue weighted by atomic mass is 9.91. The molecule has 0 aliphatic heterocycles. The number of hydrogen-bond acceptors (Lipinski definition) is 6. The van der Waals surface area contributed by atoms with Gasteiger partial charge in [-0.2, -0.15) is 14.6 Å². The summed E-state index contributed by atoms with van der Waals surface area (Å²) in [6.45, 7) is 1.88. The molecule has 4 aromatic heterocycles. The number of H-pyrrole nitrogens is 1. The Bertz CT molecular complexity index is 1510. The molecule has 1 unspecified atom stereocenters. The van der Waals surface area contributed by atoms with Gasteiger partial charge in [-0.1, -0.05) is 25.1 Å². The highest BCUT2D eigenvalue weighted by Crippen LogP contribution is 2.31. The van der Waals surface area contributed by atoms with Gasteiger partial charge in [0.15, 0.2) is 11.5 Å². The lowest BCUT2D eigenvalue weighted by Crippen LogP contribution is -2.29. The number of aryl methyl sites for hydroxylation is 1. The van der Waals surface area contributed by atoms with Crippen LogP contribution < -0.4 is 5.32 Å². The van der Waals surface area contributed by atoms with Crippen molar-refractivity contribution in [3.63, 3.8) is 0 Å². The summed E-state index contributed by atoms with van der Waals surface area (Å²) >= 11 is 0. The van der Waals surface area contributed by atoms with Gasteiger partial charge in [-0.25, -0.2) is 9.37 Å². The molecule has 0 amide bonds. The third-order valence-electron chi connectivity index (χ3n) is 6.59. The normalized spacial score (nSPS) is 16.6. The molecular formula is C25H24FN7O. The van der Waals surface area contributed by atoms with Gasteiger partial charge in [-0.05, 0) is 37.0 Å². The highest BCUT2D eigenvalue weighted by Gasteiger charge is 2.25. The van der Waals surface area contributed by atoms with Gasteiger partial charge in [-0.3, -0.25) is 4.98 Å². The number of hydrogen-bond donors (Lipinski definition) is 3. The number of nitrogens with one attached hydrogen (secondary N) is 2. The first-order chi connectivity index (χ1) is 16.6. The van der Waals surface area contributed by atoms with Crippen LogP contribution in [0.5, 0.6) is 0 Å². The van der Waals surface area contributed by atoms with Crippen molar-refractivity contribution in [3.05, 3.63) is 71.6 Å². The smallest absolute Gasteiger partial charge is 0.228 e. The van der Waals surface area contributed by atoms with Crippen molar-refractivity contribution in [1.29, 1.82) is 0 Å². The fraction of sp³-hybridized carbons (Fsp3) is 0.280. The number of fused-ring (bicyclic) bond motifs is 4. The summed E-state index contributed by atoms with van der Waals surface area (Å²) in [6, 6.07) is 9.88. The van der Waals surface area contributed by atoms with Crippen LogP contribution in [0.4, 0.5) is 10.3 Å². The molecular weight excluding hydrogens is 433 g/mol. The Morgan fingerprint density at radius 1 is 1.24 bits per heavy atom. The minimum Gasteiger partial charge on any atom is -0.396 e. The maximum atomic E-state index is 13.9. The molecule has 0 saturated heterocycles. The average Bonchev–Trinajstić information content (AvgIpc) is 3.45. The second-order valence-corrected chi connectivity index (χ2v) is 8.89. The van der Waals surface area contributed by atoms with Crippen molar-refractivity contribution >= 4 is 22.5 Å². The van der Waals surface area contributed by atoms with Gasteiger partial charge in [0.05, 0.1) is 12.4 Å². The zero-order valence-corrected chi connectivity index (χ0v) is 18.7. The van der Waals surface area contributed by atoms with Crippen molar-refractivity contribution in [3.8, 4) is 11.4 Å². The topological polar surface area (TPSA) is 104 Å². The minimum absolute atomic E-state index is 0.0308. The molecule has 1 aromatic carbocycles. The molecule has 0 spiro atoms. The summed E-state index contributed by atoms with van der Waals surface area (Å²) in [5.74, 6) is 0.292. The van der Waals surface area contributed by atoms with Crippen molar-refractivity contribution < 1.29 is 9.50 Å². The van der Waals surface area contributed by atoms with Gasteiger partial charge in [0.2, 0.25) is 5.95 Å². The third kappa shape index (κ3) is 3.49. The van der Waals surface area contributed by atoms with Gasteiger partial charge in [0.1, 0.15) is 5.82 Å². The Labute approximate surface area is 194 Å². The second-order valence-electron chi connectivity index (χ2n) is 8.89.